The first kappa shape index (κ1) is 18.5. The normalized spacial score (nSPS) is 14.9. The molecule has 2 aromatic heterocycles. The van der Waals surface area contributed by atoms with E-state index in [-0.39, 0.29) is 6.54 Å². The van der Waals surface area contributed by atoms with Gasteiger partial charge in [0.1, 0.15) is 6.54 Å². The molecule has 2 aromatic rings. The molecule has 0 unspecified atom stereocenters. The highest BCUT2D eigenvalue weighted by molar-refractivity contribution is 8.08. The second-order valence-electron chi connectivity index (χ2n) is 5.62. The van der Waals surface area contributed by atoms with E-state index in [1.54, 1.807) is 18.6 Å². The standard InChI is InChI=1S/C17H19N9S/c1-2-21-9-15-13(19)5-12(27-15)7-23-17-16(20)22-8-14(25-17)11-6-24-26(10-11)4-3-18/h5-6,8-10,19,21H,2,4,7H2,1H3,(H2,20,22)(H,23,25)/b15-9+,19-13?. The van der Waals surface area contributed by atoms with Crippen LogP contribution in [0.4, 0.5) is 11.6 Å². The predicted octanol–water partition coefficient (Wildman–Crippen LogP) is 1.96. The largest absolute Gasteiger partial charge is 0.390 e. The Labute approximate surface area is 160 Å². The molecular formula is C17H19N9S. The molecule has 5 N–H and O–H groups in total. The quantitative estimate of drug-likeness (QED) is 0.570. The van der Waals surface area contributed by atoms with Gasteiger partial charge in [-0.3, -0.25) is 10.1 Å². The number of aromatic nitrogens is 4. The fourth-order valence-electron chi connectivity index (χ4n) is 2.34. The Kier molecular flexibility index (Phi) is 5.73. The van der Waals surface area contributed by atoms with Crippen molar-refractivity contribution >= 4 is 29.1 Å². The number of hydrogen-bond acceptors (Lipinski definition) is 9. The summed E-state index contributed by atoms with van der Waals surface area (Å²) in [6, 6.07) is 2.04. The van der Waals surface area contributed by atoms with Gasteiger partial charge in [0.2, 0.25) is 0 Å². The summed E-state index contributed by atoms with van der Waals surface area (Å²) in [5.41, 5.74) is 7.79. The molecule has 0 bridgehead atoms. The van der Waals surface area contributed by atoms with Crippen LogP contribution in [-0.4, -0.2) is 38.5 Å². The van der Waals surface area contributed by atoms with Gasteiger partial charge in [-0.05, 0) is 13.0 Å². The molecule has 3 heterocycles. The summed E-state index contributed by atoms with van der Waals surface area (Å²) < 4.78 is 1.53. The van der Waals surface area contributed by atoms with Gasteiger partial charge in [0, 0.05) is 36.0 Å². The number of allylic oxidation sites excluding steroid dienone is 2. The van der Waals surface area contributed by atoms with Gasteiger partial charge in [-0.15, -0.1) is 0 Å². The van der Waals surface area contributed by atoms with E-state index in [9.17, 15) is 0 Å². The zero-order valence-electron chi connectivity index (χ0n) is 14.7. The molecule has 10 heteroatoms. The van der Waals surface area contributed by atoms with E-state index in [0.717, 1.165) is 21.9 Å². The fraction of sp³-hybridized carbons (Fsp3) is 0.235. The van der Waals surface area contributed by atoms with Crippen molar-refractivity contribution in [3.8, 4) is 17.3 Å². The number of nitrogen functional groups attached to an aromatic ring is 1. The average Bonchev–Trinajstić information content (AvgIpc) is 3.26. The molecule has 0 fully saturated rings. The van der Waals surface area contributed by atoms with Crippen molar-refractivity contribution in [2.24, 2.45) is 0 Å². The van der Waals surface area contributed by atoms with E-state index in [0.29, 0.717) is 29.6 Å². The molecule has 138 valence electrons. The van der Waals surface area contributed by atoms with Crippen LogP contribution < -0.4 is 16.4 Å². The Morgan fingerprint density at radius 2 is 2.30 bits per heavy atom. The third kappa shape index (κ3) is 4.45. The van der Waals surface area contributed by atoms with Crippen molar-refractivity contribution in [3.63, 3.8) is 0 Å². The zero-order chi connectivity index (χ0) is 19.2. The number of thioether (sulfide) groups is 1. The van der Waals surface area contributed by atoms with E-state index in [1.807, 2.05) is 25.3 Å². The van der Waals surface area contributed by atoms with E-state index < -0.39 is 0 Å². The van der Waals surface area contributed by atoms with Crippen LogP contribution in [0.1, 0.15) is 6.92 Å². The van der Waals surface area contributed by atoms with Gasteiger partial charge in [-0.2, -0.15) is 10.4 Å². The third-order valence-electron chi connectivity index (χ3n) is 3.64. The summed E-state index contributed by atoms with van der Waals surface area (Å²) in [6.45, 7) is 3.49. The molecule has 0 atom stereocenters. The number of nitrogens with one attached hydrogen (secondary N) is 3. The minimum absolute atomic E-state index is 0.174. The van der Waals surface area contributed by atoms with Gasteiger partial charge in [0.05, 0.1) is 34.8 Å². The van der Waals surface area contributed by atoms with Crippen molar-refractivity contribution in [1.82, 2.24) is 25.1 Å². The van der Waals surface area contributed by atoms with Crippen LogP contribution in [0.15, 0.2) is 40.7 Å². The van der Waals surface area contributed by atoms with Crippen molar-refractivity contribution in [2.75, 3.05) is 24.1 Å². The molecule has 0 saturated carbocycles. The van der Waals surface area contributed by atoms with Gasteiger partial charge in [-0.25, -0.2) is 9.97 Å². The van der Waals surface area contributed by atoms with Crippen LogP contribution in [0.5, 0.6) is 0 Å². The Hall–Kier alpha value is -3.32. The van der Waals surface area contributed by atoms with Crippen molar-refractivity contribution in [1.29, 1.82) is 10.7 Å². The molecule has 3 rings (SSSR count). The van der Waals surface area contributed by atoms with Crippen LogP contribution in [-0.2, 0) is 6.54 Å². The first-order chi connectivity index (χ1) is 13.1. The molecular weight excluding hydrogens is 362 g/mol. The second-order valence-corrected chi connectivity index (χ2v) is 6.79. The minimum atomic E-state index is 0.174. The molecule has 1 aliphatic heterocycles. The van der Waals surface area contributed by atoms with Crippen LogP contribution >= 0.6 is 11.8 Å². The maximum Gasteiger partial charge on any atom is 0.169 e. The first-order valence-corrected chi connectivity index (χ1v) is 9.09. The van der Waals surface area contributed by atoms with E-state index in [2.05, 4.69) is 25.7 Å². The molecule has 0 aliphatic carbocycles. The molecule has 0 saturated heterocycles. The maximum atomic E-state index is 8.74. The van der Waals surface area contributed by atoms with Crippen LogP contribution in [0, 0.1) is 16.7 Å². The maximum absolute atomic E-state index is 8.74. The lowest BCUT2D eigenvalue weighted by molar-refractivity contribution is 0.710. The van der Waals surface area contributed by atoms with Crippen molar-refractivity contribution < 1.29 is 0 Å². The van der Waals surface area contributed by atoms with Crippen molar-refractivity contribution in [2.45, 2.75) is 13.5 Å². The molecule has 0 radical (unpaired) electrons. The first-order valence-electron chi connectivity index (χ1n) is 8.27. The van der Waals surface area contributed by atoms with Crippen molar-refractivity contribution in [3.05, 3.63) is 40.7 Å². The second kappa shape index (κ2) is 8.37. The number of anilines is 2. The monoisotopic (exact) mass is 381 g/mol. The topological polar surface area (TPSA) is 141 Å². The highest BCUT2D eigenvalue weighted by Gasteiger charge is 2.17. The van der Waals surface area contributed by atoms with Gasteiger partial charge >= 0.3 is 0 Å². The number of nitrogens with zero attached hydrogens (tertiary/aromatic N) is 5. The lowest BCUT2D eigenvalue weighted by Crippen LogP contribution is -2.08. The summed E-state index contributed by atoms with van der Waals surface area (Å²) >= 11 is 1.53. The fourth-order valence-corrected chi connectivity index (χ4v) is 3.25. The SMILES string of the molecule is CCN/C=C1/SC(CNc2nc(-c3cnn(CC#N)c3)cnc2N)=CC1=N. The number of nitriles is 1. The molecule has 1 aliphatic rings. The summed E-state index contributed by atoms with van der Waals surface area (Å²) in [4.78, 5) is 10.6. The molecule has 0 amide bonds. The Morgan fingerprint density at radius 1 is 1.44 bits per heavy atom. The summed E-state index contributed by atoms with van der Waals surface area (Å²) in [7, 11) is 0. The Balaban J connectivity index is 1.69. The zero-order valence-corrected chi connectivity index (χ0v) is 15.5. The third-order valence-corrected chi connectivity index (χ3v) is 4.72. The van der Waals surface area contributed by atoms with Gasteiger partial charge in [0.15, 0.2) is 11.6 Å². The van der Waals surface area contributed by atoms with Gasteiger partial charge < -0.3 is 16.4 Å². The van der Waals surface area contributed by atoms with Crippen LogP contribution in [0.2, 0.25) is 0 Å². The van der Waals surface area contributed by atoms with Crippen LogP contribution in [0.3, 0.4) is 0 Å². The summed E-state index contributed by atoms with van der Waals surface area (Å²) in [6.07, 6.45) is 8.62. The van der Waals surface area contributed by atoms with E-state index >= 15 is 0 Å². The average molecular weight is 381 g/mol. The smallest absolute Gasteiger partial charge is 0.169 e. The minimum Gasteiger partial charge on any atom is -0.390 e. The summed E-state index contributed by atoms with van der Waals surface area (Å²) in [5, 5.41) is 27.2. The van der Waals surface area contributed by atoms with Crippen LogP contribution in [0.25, 0.3) is 11.3 Å². The van der Waals surface area contributed by atoms with Gasteiger partial charge in [0.25, 0.3) is 0 Å². The van der Waals surface area contributed by atoms with E-state index in [1.165, 1.54) is 16.4 Å². The Morgan fingerprint density at radius 3 is 3.07 bits per heavy atom. The predicted molar refractivity (Wildman–Crippen MR) is 107 cm³/mol. The molecule has 9 nitrogen and oxygen atoms in total. The number of rotatable bonds is 7. The molecule has 0 aromatic carbocycles. The lowest BCUT2D eigenvalue weighted by Gasteiger charge is -2.09. The van der Waals surface area contributed by atoms with E-state index in [4.69, 9.17) is 16.4 Å². The highest BCUT2D eigenvalue weighted by atomic mass is 32.2. The number of hydrogen-bond donors (Lipinski definition) is 4. The Bertz CT molecular complexity index is 952. The number of nitrogens with two attached hydrogens (primary N) is 1. The lowest BCUT2D eigenvalue weighted by atomic mass is 10.2. The van der Waals surface area contributed by atoms with Gasteiger partial charge in [-0.1, -0.05) is 11.8 Å². The molecule has 27 heavy (non-hydrogen) atoms. The molecule has 0 spiro atoms. The highest BCUT2D eigenvalue weighted by Crippen LogP contribution is 2.33. The summed E-state index contributed by atoms with van der Waals surface area (Å²) in [5.74, 6) is 0.767.